The highest BCUT2D eigenvalue weighted by atomic mass is 16.5. The van der Waals surface area contributed by atoms with Gasteiger partial charge in [-0.2, -0.15) is 0 Å². The monoisotopic (exact) mass is 269 g/mol. The number of urea groups is 1. The van der Waals surface area contributed by atoms with E-state index in [4.69, 9.17) is 4.74 Å². The van der Waals surface area contributed by atoms with Gasteiger partial charge in [-0.25, -0.2) is 4.79 Å². The second-order valence-corrected chi connectivity index (χ2v) is 5.05. The Kier molecular flexibility index (Phi) is 5.01. The van der Waals surface area contributed by atoms with Crippen molar-refractivity contribution in [1.82, 2.24) is 15.1 Å². The molecule has 2 aliphatic rings. The Bertz CT molecular complexity index is 329. The van der Waals surface area contributed by atoms with Crippen LogP contribution in [-0.2, 0) is 9.53 Å². The molecule has 2 rings (SSSR count). The van der Waals surface area contributed by atoms with Crippen molar-refractivity contribution in [3.63, 3.8) is 0 Å². The Hall–Kier alpha value is -1.30. The quantitative estimate of drug-likeness (QED) is 0.808. The van der Waals surface area contributed by atoms with Crippen LogP contribution in [0.15, 0.2) is 0 Å². The maximum absolute atomic E-state index is 12.4. The first-order chi connectivity index (χ1) is 9.24. The first kappa shape index (κ1) is 14.1. The second-order valence-electron chi connectivity index (χ2n) is 5.05. The molecule has 108 valence electrons. The lowest BCUT2D eigenvalue weighted by Gasteiger charge is -2.36. The average Bonchev–Trinajstić information content (AvgIpc) is 2.98. The number of nitrogens with one attached hydrogen (secondary N) is 1. The highest BCUT2D eigenvalue weighted by Crippen LogP contribution is 2.15. The molecule has 2 heterocycles. The van der Waals surface area contributed by atoms with Crippen LogP contribution in [0, 0.1) is 0 Å². The number of morpholine rings is 1. The van der Waals surface area contributed by atoms with Gasteiger partial charge in [0.15, 0.2) is 0 Å². The second kappa shape index (κ2) is 6.75. The van der Waals surface area contributed by atoms with Crippen LogP contribution in [0.25, 0.3) is 0 Å². The number of ether oxygens (including phenoxy) is 1. The molecule has 0 spiro atoms. The van der Waals surface area contributed by atoms with Gasteiger partial charge in [-0.15, -0.1) is 0 Å². The van der Waals surface area contributed by atoms with Crippen LogP contribution in [0.5, 0.6) is 0 Å². The summed E-state index contributed by atoms with van der Waals surface area (Å²) >= 11 is 0. The normalized spacial score (nSPS) is 23.5. The van der Waals surface area contributed by atoms with Gasteiger partial charge < -0.3 is 19.9 Å². The molecule has 0 bridgehead atoms. The van der Waals surface area contributed by atoms with Crippen molar-refractivity contribution in [3.8, 4) is 0 Å². The van der Waals surface area contributed by atoms with Gasteiger partial charge in [0, 0.05) is 26.2 Å². The van der Waals surface area contributed by atoms with Crippen molar-refractivity contribution >= 4 is 11.9 Å². The summed E-state index contributed by atoms with van der Waals surface area (Å²) in [5, 5.41) is 2.85. The molecule has 0 aliphatic carbocycles. The van der Waals surface area contributed by atoms with Crippen molar-refractivity contribution in [2.24, 2.45) is 0 Å². The van der Waals surface area contributed by atoms with E-state index in [1.54, 1.807) is 4.90 Å². The minimum atomic E-state index is -0.478. The zero-order chi connectivity index (χ0) is 13.7. The molecule has 2 fully saturated rings. The first-order valence-electron chi connectivity index (χ1n) is 7.15. The Balaban J connectivity index is 1.98. The van der Waals surface area contributed by atoms with Crippen LogP contribution in [0.3, 0.4) is 0 Å². The number of carbonyl (C=O) groups is 2. The van der Waals surface area contributed by atoms with Crippen molar-refractivity contribution in [1.29, 1.82) is 0 Å². The fourth-order valence-electron chi connectivity index (χ4n) is 2.51. The molecule has 1 unspecified atom stereocenters. The zero-order valence-corrected chi connectivity index (χ0v) is 11.6. The van der Waals surface area contributed by atoms with Crippen LogP contribution >= 0.6 is 0 Å². The molecule has 1 atom stereocenters. The Morgan fingerprint density at radius 3 is 2.68 bits per heavy atom. The molecule has 0 aromatic heterocycles. The van der Waals surface area contributed by atoms with E-state index < -0.39 is 6.04 Å². The van der Waals surface area contributed by atoms with Crippen LogP contribution in [0.2, 0.25) is 0 Å². The number of nitrogens with zero attached hydrogens (tertiary/aromatic N) is 2. The van der Waals surface area contributed by atoms with Crippen LogP contribution in [-0.4, -0.2) is 67.2 Å². The van der Waals surface area contributed by atoms with Gasteiger partial charge in [0.25, 0.3) is 0 Å². The van der Waals surface area contributed by atoms with Crippen molar-refractivity contribution in [3.05, 3.63) is 0 Å². The summed E-state index contributed by atoms with van der Waals surface area (Å²) in [6, 6.07) is -0.495. The summed E-state index contributed by atoms with van der Waals surface area (Å²) in [4.78, 5) is 28.0. The molecule has 0 aromatic rings. The van der Waals surface area contributed by atoms with Gasteiger partial charge in [-0.3, -0.25) is 4.79 Å². The minimum absolute atomic E-state index is 0.0163. The van der Waals surface area contributed by atoms with Gasteiger partial charge in [0.2, 0.25) is 5.91 Å². The topological polar surface area (TPSA) is 61.9 Å². The number of likely N-dealkylation sites (tertiary alicyclic amines) is 1. The summed E-state index contributed by atoms with van der Waals surface area (Å²) in [5.41, 5.74) is 0. The number of rotatable bonds is 3. The lowest BCUT2D eigenvalue weighted by atomic mass is 10.2. The zero-order valence-electron chi connectivity index (χ0n) is 11.6. The number of hydrogen-bond acceptors (Lipinski definition) is 3. The SMILES string of the molecule is CCCNC(=O)C1COCCN1C(=O)N1CCCC1. The molecular formula is C13H23N3O3. The molecule has 3 amide bonds. The molecule has 6 heteroatoms. The summed E-state index contributed by atoms with van der Waals surface area (Å²) in [5.74, 6) is -0.103. The third kappa shape index (κ3) is 3.37. The molecule has 2 aliphatic heterocycles. The summed E-state index contributed by atoms with van der Waals surface area (Å²) in [6.45, 7) is 5.57. The molecule has 2 saturated heterocycles. The Labute approximate surface area is 114 Å². The van der Waals surface area contributed by atoms with Gasteiger partial charge in [0.1, 0.15) is 6.04 Å². The average molecular weight is 269 g/mol. The third-order valence-corrected chi connectivity index (χ3v) is 3.60. The first-order valence-corrected chi connectivity index (χ1v) is 7.15. The van der Waals surface area contributed by atoms with Crippen LogP contribution < -0.4 is 5.32 Å². The molecular weight excluding hydrogens is 246 g/mol. The van der Waals surface area contributed by atoms with Crippen molar-refractivity contribution < 1.29 is 14.3 Å². The summed E-state index contributed by atoms with van der Waals surface area (Å²) < 4.78 is 5.35. The predicted octanol–water partition coefficient (Wildman–Crippen LogP) is 0.429. The molecule has 1 N–H and O–H groups in total. The van der Waals surface area contributed by atoms with E-state index in [9.17, 15) is 9.59 Å². The third-order valence-electron chi connectivity index (χ3n) is 3.60. The fourth-order valence-corrected chi connectivity index (χ4v) is 2.51. The molecule has 0 saturated carbocycles. The van der Waals surface area contributed by atoms with E-state index in [-0.39, 0.29) is 11.9 Å². The number of carbonyl (C=O) groups excluding carboxylic acids is 2. The highest BCUT2D eigenvalue weighted by Gasteiger charge is 2.35. The summed E-state index contributed by atoms with van der Waals surface area (Å²) in [7, 11) is 0. The minimum Gasteiger partial charge on any atom is -0.377 e. The van der Waals surface area contributed by atoms with Crippen LogP contribution in [0.1, 0.15) is 26.2 Å². The Morgan fingerprint density at radius 1 is 1.26 bits per heavy atom. The van der Waals surface area contributed by atoms with E-state index in [1.165, 1.54) is 0 Å². The number of amides is 3. The van der Waals surface area contributed by atoms with Crippen molar-refractivity contribution in [2.75, 3.05) is 39.4 Å². The Morgan fingerprint density at radius 2 is 2.00 bits per heavy atom. The highest BCUT2D eigenvalue weighted by molar-refractivity contribution is 5.87. The van der Waals surface area contributed by atoms with E-state index in [0.29, 0.717) is 26.3 Å². The van der Waals surface area contributed by atoms with Gasteiger partial charge in [-0.1, -0.05) is 6.92 Å². The van der Waals surface area contributed by atoms with E-state index in [2.05, 4.69) is 5.32 Å². The van der Waals surface area contributed by atoms with Gasteiger partial charge >= 0.3 is 6.03 Å². The van der Waals surface area contributed by atoms with Crippen molar-refractivity contribution in [2.45, 2.75) is 32.2 Å². The lowest BCUT2D eigenvalue weighted by Crippen LogP contribution is -2.58. The lowest BCUT2D eigenvalue weighted by molar-refractivity contribution is -0.130. The molecule has 0 radical (unpaired) electrons. The molecule has 19 heavy (non-hydrogen) atoms. The maximum atomic E-state index is 12.4. The van der Waals surface area contributed by atoms with Crippen LogP contribution in [0.4, 0.5) is 4.79 Å². The van der Waals surface area contributed by atoms with E-state index in [1.807, 2.05) is 11.8 Å². The smallest absolute Gasteiger partial charge is 0.320 e. The predicted molar refractivity (Wildman–Crippen MR) is 70.8 cm³/mol. The maximum Gasteiger partial charge on any atom is 0.320 e. The number of hydrogen-bond donors (Lipinski definition) is 1. The van der Waals surface area contributed by atoms with E-state index >= 15 is 0 Å². The van der Waals surface area contributed by atoms with Gasteiger partial charge in [-0.05, 0) is 19.3 Å². The largest absolute Gasteiger partial charge is 0.377 e. The van der Waals surface area contributed by atoms with E-state index in [0.717, 1.165) is 32.4 Å². The standard InChI is InChI=1S/C13H23N3O3/c1-2-5-14-12(17)11-10-19-9-8-16(11)13(18)15-6-3-4-7-15/h11H,2-10H2,1H3,(H,14,17). The summed E-state index contributed by atoms with van der Waals surface area (Å²) in [6.07, 6.45) is 3.00. The molecule has 6 nitrogen and oxygen atoms in total. The fraction of sp³-hybridized carbons (Fsp3) is 0.846. The van der Waals surface area contributed by atoms with Gasteiger partial charge in [0.05, 0.1) is 13.2 Å². The molecule has 0 aromatic carbocycles.